The topological polar surface area (TPSA) is 102 Å². The number of aromatic nitrogens is 1. The number of rotatable bonds is 7. The Kier molecular flexibility index (Phi) is 6.95. The van der Waals surface area contributed by atoms with Gasteiger partial charge in [0.1, 0.15) is 11.9 Å². The Bertz CT molecular complexity index is 1370. The Balaban J connectivity index is 1.38. The van der Waals surface area contributed by atoms with Crippen LogP contribution in [0.3, 0.4) is 0 Å². The molecule has 12 heteroatoms. The number of likely N-dealkylation sites (tertiary alicyclic amines) is 1. The molecule has 4 aliphatic rings. The molecule has 2 aromatic rings. The predicted octanol–water partition coefficient (Wildman–Crippen LogP) is 3.50. The molecule has 3 fully saturated rings. The predicted molar refractivity (Wildman–Crippen MR) is 142 cm³/mol. The van der Waals surface area contributed by atoms with Crippen molar-refractivity contribution in [1.82, 2.24) is 15.2 Å². The number of nitrogens with one attached hydrogen (secondary N) is 1. The molecule has 5 atom stereocenters. The number of ether oxygens (including phenoxy) is 3. The molecule has 39 heavy (non-hydrogen) atoms. The monoisotopic (exact) mass is 574 g/mol. The number of halogens is 2. The van der Waals surface area contributed by atoms with Crippen LogP contribution >= 0.6 is 22.9 Å². The van der Waals surface area contributed by atoms with Crippen molar-refractivity contribution >= 4 is 40.7 Å². The van der Waals surface area contributed by atoms with E-state index in [1.54, 1.807) is 12.3 Å². The number of aliphatic imine (C=N–C) groups is 1. The summed E-state index contributed by atoms with van der Waals surface area (Å²) in [5, 5.41) is 6.03. The van der Waals surface area contributed by atoms with Gasteiger partial charge in [-0.1, -0.05) is 17.7 Å². The zero-order chi connectivity index (χ0) is 27.3. The Hall–Kier alpha value is -2.86. The molecule has 6 rings (SSSR count). The molecule has 2 saturated heterocycles. The number of amidine groups is 1. The molecule has 0 bridgehead atoms. The van der Waals surface area contributed by atoms with Gasteiger partial charge in [0.2, 0.25) is 0 Å². The molecule has 1 aromatic heterocycles. The highest BCUT2D eigenvalue weighted by atomic mass is 35.5. The van der Waals surface area contributed by atoms with E-state index in [9.17, 15) is 14.0 Å². The van der Waals surface area contributed by atoms with Crippen LogP contribution < -0.4 is 5.32 Å². The standard InChI is InChI=1S/C27H28ClFN4O5S/c1-36-21(34)8-14-7-19-27(10-14)13-38-12-20(27)33(19)11-18-22(26(35)37-2)23(16-4-3-15(29)9-17(16)28)32-24(31-18)25-30-5-6-39-25/h3-6,9,14,19-20,23H,7-8,10-13H2,1-2H3,(H,31,32)/t14?,19?,20?,23-,27?/m0/s1. The Morgan fingerprint density at radius 3 is 2.87 bits per heavy atom. The number of methoxy groups -OCH3 is 2. The Labute approximate surface area is 234 Å². The van der Waals surface area contributed by atoms with Gasteiger partial charge in [-0.05, 0) is 30.9 Å². The number of hydrogen-bond donors (Lipinski definition) is 1. The minimum atomic E-state index is -0.817. The zero-order valence-corrected chi connectivity index (χ0v) is 23.1. The van der Waals surface area contributed by atoms with Crippen molar-refractivity contribution in [1.29, 1.82) is 0 Å². The maximum Gasteiger partial charge on any atom is 0.338 e. The van der Waals surface area contributed by atoms with Gasteiger partial charge in [-0.2, -0.15) is 0 Å². The first-order chi connectivity index (χ1) is 18.8. The second kappa shape index (κ2) is 10.3. The van der Waals surface area contributed by atoms with E-state index in [1.807, 2.05) is 5.38 Å². The summed E-state index contributed by atoms with van der Waals surface area (Å²) in [6.07, 6.45) is 3.82. The highest BCUT2D eigenvalue weighted by molar-refractivity contribution is 7.11. The third-order valence-corrected chi connectivity index (χ3v) is 9.55. The third kappa shape index (κ3) is 4.45. The fourth-order valence-electron chi connectivity index (χ4n) is 6.82. The van der Waals surface area contributed by atoms with Gasteiger partial charge in [0.15, 0.2) is 10.8 Å². The van der Waals surface area contributed by atoms with E-state index in [-0.39, 0.29) is 34.4 Å². The summed E-state index contributed by atoms with van der Waals surface area (Å²) in [6, 6.07) is 3.60. The van der Waals surface area contributed by atoms with Gasteiger partial charge >= 0.3 is 11.9 Å². The number of benzene rings is 1. The van der Waals surface area contributed by atoms with Crippen LogP contribution in [0.5, 0.6) is 0 Å². The lowest BCUT2D eigenvalue weighted by molar-refractivity contribution is -0.141. The van der Waals surface area contributed by atoms with Crippen molar-refractivity contribution in [2.75, 3.05) is 34.0 Å². The maximum atomic E-state index is 13.9. The highest BCUT2D eigenvalue weighted by Crippen LogP contribution is 2.60. The summed E-state index contributed by atoms with van der Waals surface area (Å²) in [7, 11) is 2.74. The lowest BCUT2D eigenvalue weighted by Crippen LogP contribution is -2.69. The molecule has 1 aliphatic carbocycles. The summed E-state index contributed by atoms with van der Waals surface area (Å²) in [6.45, 7) is 1.66. The van der Waals surface area contributed by atoms with E-state index >= 15 is 0 Å². The number of carbonyl (C=O) groups is 2. The third-order valence-electron chi connectivity index (χ3n) is 8.45. The largest absolute Gasteiger partial charge is 0.469 e. The molecule has 4 heterocycles. The number of hydrogen-bond acceptors (Lipinski definition) is 10. The zero-order valence-electron chi connectivity index (χ0n) is 21.5. The molecule has 9 nitrogen and oxygen atoms in total. The SMILES string of the molecule is COC(=O)CC1CC2N(CC3=C(C(=O)OC)[C@H](c4ccc(F)cc4Cl)N=C(c4nccs4)N3)C3COCC32C1. The number of nitrogens with zero attached hydrogens (tertiary/aromatic N) is 3. The molecule has 1 aromatic carbocycles. The van der Waals surface area contributed by atoms with E-state index in [4.69, 9.17) is 30.8 Å². The summed E-state index contributed by atoms with van der Waals surface area (Å²) in [4.78, 5) is 36.9. The van der Waals surface area contributed by atoms with Crippen LogP contribution in [0.1, 0.15) is 35.9 Å². The van der Waals surface area contributed by atoms with E-state index in [1.165, 1.54) is 37.7 Å². The number of esters is 2. The fraction of sp³-hybridized carbons (Fsp3) is 0.481. The molecular formula is C27H28ClFN4O5S. The van der Waals surface area contributed by atoms with Gasteiger partial charge in [-0.25, -0.2) is 14.2 Å². The van der Waals surface area contributed by atoms with Crippen molar-refractivity contribution in [3.05, 3.63) is 62.5 Å². The minimum Gasteiger partial charge on any atom is -0.469 e. The quantitative estimate of drug-likeness (QED) is 0.502. The molecule has 0 amide bonds. The molecule has 1 N–H and O–H groups in total. The summed E-state index contributed by atoms with van der Waals surface area (Å²) in [5.41, 5.74) is 1.43. The normalized spacial score (nSPS) is 29.7. The van der Waals surface area contributed by atoms with Crippen molar-refractivity contribution in [2.45, 2.75) is 37.4 Å². The lowest BCUT2D eigenvalue weighted by atomic mass is 9.68. The first kappa shape index (κ1) is 26.4. The van der Waals surface area contributed by atoms with Gasteiger partial charge in [-0.3, -0.25) is 14.7 Å². The summed E-state index contributed by atoms with van der Waals surface area (Å²) < 4.78 is 30.0. The smallest absolute Gasteiger partial charge is 0.338 e. The van der Waals surface area contributed by atoms with Crippen LogP contribution in [0.25, 0.3) is 0 Å². The van der Waals surface area contributed by atoms with E-state index in [0.29, 0.717) is 53.9 Å². The molecule has 0 radical (unpaired) electrons. The van der Waals surface area contributed by atoms with Crippen molar-refractivity contribution in [3.8, 4) is 0 Å². The lowest BCUT2D eigenvalue weighted by Gasteiger charge is -2.57. The second-order valence-electron chi connectivity index (χ2n) is 10.4. The number of thiazole rings is 1. The van der Waals surface area contributed by atoms with Crippen LogP contribution in [0.4, 0.5) is 4.39 Å². The second-order valence-corrected chi connectivity index (χ2v) is 11.7. The van der Waals surface area contributed by atoms with Gasteiger partial charge in [0.05, 0.1) is 33.0 Å². The Morgan fingerprint density at radius 2 is 2.15 bits per heavy atom. The first-order valence-electron chi connectivity index (χ1n) is 12.8. The summed E-state index contributed by atoms with van der Waals surface area (Å²) >= 11 is 7.89. The molecule has 206 valence electrons. The van der Waals surface area contributed by atoms with Crippen molar-refractivity contribution in [3.63, 3.8) is 0 Å². The van der Waals surface area contributed by atoms with E-state index in [0.717, 1.165) is 12.8 Å². The minimum absolute atomic E-state index is 0.00869. The molecular weight excluding hydrogens is 547 g/mol. The van der Waals surface area contributed by atoms with Gasteiger partial charge in [0, 0.05) is 58.3 Å². The van der Waals surface area contributed by atoms with E-state index in [2.05, 4.69) is 15.2 Å². The van der Waals surface area contributed by atoms with E-state index < -0.39 is 17.8 Å². The average molecular weight is 575 g/mol. The molecule has 1 saturated carbocycles. The fourth-order valence-corrected chi connectivity index (χ4v) is 7.67. The van der Waals surface area contributed by atoms with Crippen LogP contribution in [0.2, 0.25) is 5.02 Å². The van der Waals surface area contributed by atoms with Crippen LogP contribution in [-0.2, 0) is 23.8 Å². The van der Waals surface area contributed by atoms with Crippen LogP contribution in [-0.4, -0.2) is 73.7 Å². The molecule has 3 aliphatic heterocycles. The van der Waals surface area contributed by atoms with Gasteiger partial charge in [0.25, 0.3) is 0 Å². The van der Waals surface area contributed by atoms with Crippen LogP contribution in [0.15, 0.2) is 46.0 Å². The molecule has 1 spiro atoms. The average Bonchev–Trinajstić information content (AvgIpc) is 3.66. The maximum absolute atomic E-state index is 13.9. The van der Waals surface area contributed by atoms with Crippen molar-refractivity contribution < 1.29 is 28.2 Å². The highest BCUT2D eigenvalue weighted by Gasteiger charge is 2.67. The molecule has 4 unspecified atom stereocenters. The van der Waals surface area contributed by atoms with Crippen LogP contribution in [0, 0.1) is 17.2 Å². The first-order valence-corrected chi connectivity index (χ1v) is 14.0. The number of carbonyl (C=O) groups excluding carboxylic acids is 2. The van der Waals surface area contributed by atoms with Gasteiger partial charge in [-0.15, -0.1) is 11.3 Å². The van der Waals surface area contributed by atoms with Crippen molar-refractivity contribution in [2.24, 2.45) is 16.3 Å². The van der Waals surface area contributed by atoms with Gasteiger partial charge < -0.3 is 19.5 Å². The summed E-state index contributed by atoms with van der Waals surface area (Å²) in [5.74, 6) is -0.515. The Morgan fingerprint density at radius 1 is 1.31 bits per heavy atom.